The van der Waals surface area contributed by atoms with Gasteiger partial charge in [-0.25, -0.2) is 15.0 Å². The fourth-order valence-corrected chi connectivity index (χ4v) is 2.70. The van der Waals surface area contributed by atoms with E-state index in [9.17, 15) is 0 Å². The van der Waals surface area contributed by atoms with Crippen molar-refractivity contribution in [2.45, 2.75) is 6.92 Å². The number of rotatable bonds is 2. The first-order valence-corrected chi connectivity index (χ1v) is 7.00. The van der Waals surface area contributed by atoms with Gasteiger partial charge in [-0.05, 0) is 36.8 Å². The summed E-state index contributed by atoms with van der Waals surface area (Å²) in [4.78, 5) is 16.2. The molecule has 108 valence electrons. The number of H-pyrrole nitrogens is 1. The number of benzene rings is 1. The number of aryl methyl sites for hydroxylation is 1. The second-order valence-corrected chi connectivity index (χ2v) is 5.17. The van der Waals surface area contributed by atoms with E-state index in [0.717, 1.165) is 38.8 Å². The monoisotopic (exact) mass is 290 g/mol. The van der Waals surface area contributed by atoms with E-state index in [1.165, 1.54) is 6.33 Å². The molecule has 0 amide bonds. The molecule has 0 radical (unpaired) electrons. The van der Waals surface area contributed by atoms with Crippen LogP contribution < -0.4 is 4.74 Å². The van der Waals surface area contributed by atoms with Gasteiger partial charge in [0, 0.05) is 22.8 Å². The van der Waals surface area contributed by atoms with Gasteiger partial charge < -0.3 is 9.72 Å². The van der Waals surface area contributed by atoms with Crippen LogP contribution in [-0.4, -0.2) is 27.0 Å². The molecular weight excluding hydrogens is 276 g/mol. The number of hydrogen-bond acceptors (Lipinski definition) is 4. The van der Waals surface area contributed by atoms with E-state index in [4.69, 9.17) is 4.74 Å². The van der Waals surface area contributed by atoms with Gasteiger partial charge in [0.15, 0.2) is 0 Å². The first-order valence-electron chi connectivity index (χ1n) is 7.00. The van der Waals surface area contributed by atoms with E-state index >= 15 is 0 Å². The molecule has 22 heavy (non-hydrogen) atoms. The number of ether oxygens (including phenoxy) is 1. The van der Waals surface area contributed by atoms with Crippen LogP contribution in [0.3, 0.4) is 0 Å². The number of nitrogens with one attached hydrogen (secondary N) is 1. The van der Waals surface area contributed by atoms with Gasteiger partial charge in [0.2, 0.25) is 5.88 Å². The molecule has 0 fully saturated rings. The number of aromatic amines is 1. The van der Waals surface area contributed by atoms with Gasteiger partial charge in [-0.15, -0.1) is 0 Å². The van der Waals surface area contributed by atoms with Crippen molar-refractivity contribution in [2.75, 3.05) is 7.11 Å². The van der Waals surface area contributed by atoms with Gasteiger partial charge >= 0.3 is 0 Å². The topological polar surface area (TPSA) is 63.7 Å². The lowest BCUT2D eigenvalue weighted by molar-refractivity contribution is 0.402. The number of pyridine rings is 1. The maximum absolute atomic E-state index is 5.33. The summed E-state index contributed by atoms with van der Waals surface area (Å²) >= 11 is 0. The van der Waals surface area contributed by atoms with Gasteiger partial charge in [0.05, 0.1) is 18.0 Å². The lowest BCUT2D eigenvalue weighted by Gasteiger charge is -2.06. The molecule has 0 aliphatic heterocycles. The predicted octanol–water partition coefficient (Wildman–Crippen LogP) is 3.49. The third kappa shape index (κ3) is 1.90. The van der Waals surface area contributed by atoms with Gasteiger partial charge in [-0.3, -0.25) is 0 Å². The standard InChI is InChI=1S/C17H14N4O/c1-10-3-5-12-14(8-18-16(12)21-10)11-4-6-15-13(7-11)17(22-2)20-9-19-15/h3-9H,1-2H3,(H,18,21). The molecule has 1 aromatic carbocycles. The fraction of sp³-hybridized carbons (Fsp3) is 0.118. The first-order chi connectivity index (χ1) is 10.8. The van der Waals surface area contributed by atoms with Crippen LogP contribution in [-0.2, 0) is 0 Å². The Kier molecular flexibility index (Phi) is 2.79. The Morgan fingerprint density at radius 3 is 2.82 bits per heavy atom. The highest BCUT2D eigenvalue weighted by molar-refractivity contribution is 5.97. The van der Waals surface area contributed by atoms with Crippen molar-refractivity contribution < 1.29 is 4.74 Å². The predicted molar refractivity (Wildman–Crippen MR) is 85.9 cm³/mol. The normalized spacial score (nSPS) is 11.2. The highest BCUT2D eigenvalue weighted by Crippen LogP contribution is 2.31. The van der Waals surface area contributed by atoms with Crippen LogP contribution >= 0.6 is 0 Å². The number of hydrogen-bond donors (Lipinski definition) is 1. The first kappa shape index (κ1) is 12.8. The minimum absolute atomic E-state index is 0.584. The van der Waals surface area contributed by atoms with E-state index in [1.807, 2.05) is 25.3 Å². The summed E-state index contributed by atoms with van der Waals surface area (Å²) in [5.41, 5.74) is 4.94. The second kappa shape index (κ2) is 4.80. The Labute approximate surface area is 127 Å². The molecule has 5 heteroatoms. The molecule has 3 aromatic heterocycles. The second-order valence-electron chi connectivity index (χ2n) is 5.17. The van der Waals surface area contributed by atoms with Crippen molar-refractivity contribution in [3.8, 4) is 17.0 Å². The number of fused-ring (bicyclic) bond motifs is 2. The zero-order chi connectivity index (χ0) is 15.1. The average molecular weight is 290 g/mol. The van der Waals surface area contributed by atoms with Gasteiger partial charge in [-0.1, -0.05) is 6.07 Å². The molecule has 0 spiro atoms. The van der Waals surface area contributed by atoms with E-state index in [1.54, 1.807) is 7.11 Å². The summed E-state index contributed by atoms with van der Waals surface area (Å²) in [5.74, 6) is 0.584. The van der Waals surface area contributed by atoms with Crippen molar-refractivity contribution in [3.63, 3.8) is 0 Å². The van der Waals surface area contributed by atoms with Gasteiger partial charge in [-0.2, -0.15) is 0 Å². The molecular formula is C17H14N4O. The molecule has 0 bridgehead atoms. The highest BCUT2D eigenvalue weighted by atomic mass is 16.5. The summed E-state index contributed by atoms with van der Waals surface area (Å²) in [6.45, 7) is 1.98. The third-order valence-electron chi connectivity index (χ3n) is 3.78. The molecule has 4 aromatic rings. The quantitative estimate of drug-likeness (QED) is 0.614. The number of methoxy groups -OCH3 is 1. The Morgan fingerprint density at radius 1 is 1.05 bits per heavy atom. The molecule has 5 nitrogen and oxygen atoms in total. The maximum atomic E-state index is 5.33. The van der Waals surface area contributed by atoms with Crippen LogP contribution in [0.2, 0.25) is 0 Å². The van der Waals surface area contributed by atoms with Gasteiger partial charge in [0.1, 0.15) is 12.0 Å². The summed E-state index contributed by atoms with van der Waals surface area (Å²) in [6, 6.07) is 10.2. The van der Waals surface area contributed by atoms with E-state index in [2.05, 4.69) is 38.1 Å². The molecule has 0 unspecified atom stereocenters. The largest absolute Gasteiger partial charge is 0.480 e. The molecule has 3 heterocycles. The van der Waals surface area contributed by atoms with Crippen LogP contribution in [0.15, 0.2) is 42.9 Å². The summed E-state index contributed by atoms with van der Waals surface area (Å²) in [5, 5.41) is 2.00. The van der Waals surface area contributed by atoms with Crippen LogP contribution in [0.4, 0.5) is 0 Å². The zero-order valence-corrected chi connectivity index (χ0v) is 12.3. The van der Waals surface area contributed by atoms with Crippen LogP contribution in [0.1, 0.15) is 5.69 Å². The van der Waals surface area contributed by atoms with E-state index < -0.39 is 0 Å². The van der Waals surface area contributed by atoms with Crippen molar-refractivity contribution in [1.82, 2.24) is 19.9 Å². The van der Waals surface area contributed by atoms with E-state index in [0.29, 0.717) is 5.88 Å². The van der Waals surface area contributed by atoms with Crippen LogP contribution in [0.5, 0.6) is 5.88 Å². The highest BCUT2D eigenvalue weighted by Gasteiger charge is 2.10. The lowest BCUT2D eigenvalue weighted by Crippen LogP contribution is -1.91. The van der Waals surface area contributed by atoms with Gasteiger partial charge in [0.25, 0.3) is 0 Å². The zero-order valence-electron chi connectivity index (χ0n) is 12.3. The molecule has 0 aliphatic rings. The molecule has 0 saturated heterocycles. The van der Waals surface area contributed by atoms with E-state index in [-0.39, 0.29) is 0 Å². The summed E-state index contributed by atoms with van der Waals surface area (Å²) < 4.78 is 5.33. The maximum Gasteiger partial charge on any atom is 0.224 e. The molecule has 1 N–H and O–H groups in total. The third-order valence-corrected chi connectivity index (χ3v) is 3.78. The fourth-order valence-electron chi connectivity index (χ4n) is 2.70. The van der Waals surface area contributed by atoms with Crippen molar-refractivity contribution in [1.29, 1.82) is 0 Å². The number of nitrogens with zero attached hydrogens (tertiary/aromatic N) is 3. The van der Waals surface area contributed by atoms with Crippen molar-refractivity contribution >= 4 is 21.9 Å². The SMILES string of the molecule is COc1ncnc2ccc(-c3c[nH]c4nc(C)ccc34)cc12. The number of aromatic nitrogens is 4. The Balaban J connectivity index is 1.96. The minimum atomic E-state index is 0.584. The average Bonchev–Trinajstić information content (AvgIpc) is 2.96. The van der Waals surface area contributed by atoms with Crippen LogP contribution in [0.25, 0.3) is 33.1 Å². The Bertz CT molecular complexity index is 990. The smallest absolute Gasteiger partial charge is 0.224 e. The Hall–Kier alpha value is -2.95. The Morgan fingerprint density at radius 2 is 1.95 bits per heavy atom. The minimum Gasteiger partial charge on any atom is -0.480 e. The lowest BCUT2D eigenvalue weighted by atomic mass is 10.0. The molecule has 4 rings (SSSR count). The molecule has 0 aliphatic carbocycles. The summed E-state index contributed by atoms with van der Waals surface area (Å²) in [7, 11) is 1.62. The molecule has 0 saturated carbocycles. The van der Waals surface area contributed by atoms with Crippen LogP contribution in [0, 0.1) is 6.92 Å². The summed E-state index contributed by atoms with van der Waals surface area (Å²) in [6.07, 6.45) is 3.49. The van der Waals surface area contributed by atoms with Crippen molar-refractivity contribution in [2.24, 2.45) is 0 Å². The molecule has 0 atom stereocenters. The van der Waals surface area contributed by atoms with Crippen molar-refractivity contribution in [3.05, 3.63) is 48.5 Å².